The summed E-state index contributed by atoms with van der Waals surface area (Å²) in [7, 11) is 0. The third-order valence-electron chi connectivity index (χ3n) is 6.53. The van der Waals surface area contributed by atoms with E-state index in [-0.39, 0.29) is 6.10 Å². The van der Waals surface area contributed by atoms with Crippen LogP contribution in [0.2, 0.25) is 0 Å². The molecule has 0 spiro atoms. The van der Waals surface area contributed by atoms with Crippen LogP contribution in [0.4, 0.5) is 0 Å². The standard InChI is InChI=1S/C19H36N2O/c1-19(2,3)16-8-6-15(7-9-16)12-20-13-17(18(22)14-20)21-10-4-5-11-21/h15-18,22H,4-14H2,1-3H3. The molecule has 128 valence electrons. The number of nitrogens with zero attached hydrogens (tertiary/aromatic N) is 2. The van der Waals surface area contributed by atoms with E-state index in [1.807, 2.05) is 0 Å². The van der Waals surface area contributed by atoms with Gasteiger partial charge in [0.05, 0.1) is 6.10 Å². The third-order valence-corrected chi connectivity index (χ3v) is 6.53. The molecule has 0 amide bonds. The van der Waals surface area contributed by atoms with Gasteiger partial charge in [-0.1, -0.05) is 20.8 Å². The van der Waals surface area contributed by atoms with Crippen LogP contribution in [0, 0.1) is 17.3 Å². The number of aliphatic hydroxyl groups is 1. The maximum Gasteiger partial charge on any atom is 0.0834 e. The number of hydrogen-bond donors (Lipinski definition) is 1. The molecule has 1 N–H and O–H groups in total. The number of hydrogen-bond acceptors (Lipinski definition) is 3. The monoisotopic (exact) mass is 308 g/mol. The predicted molar refractivity (Wildman–Crippen MR) is 91.9 cm³/mol. The van der Waals surface area contributed by atoms with Crippen LogP contribution in [0.5, 0.6) is 0 Å². The largest absolute Gasteiger partial charge is 0.390 e. The molecule has 0 radical (unpaired) electrons. The van der Waals surface area contributed by atoms with Gasteiger partial charge in [-0.2, -0.15) is 0 Å². The first-order chi connectivity index (χ1) is 10.4. The maximum absolute atomic E-state index is 10.4. The van der Waals surface area contributed by atoms with Crippen LogP contribution in [0.3, 0.4) is 0 Å². The molecule has 2 aliphatic heterocycles. The summed E-state index contributed by atoms with van der Waals surface area (Å²) in [5.41, 5.74) is 0.482. The summed E-state index contributed by atoms with van der Waals surface area (Å²) < 4.78 is 0. The van der Waals surface area contributed by atoms with Gasteiger partial charge in [0.15, 0.2) is 0 Å². The zero-order valence-electron chi connectivity index (χ0n) is 14.9. The van der Waals surface area contributed by atoms with Gasteiger partial charge in [-0.05, 0) is 68.9 Å². The van der Waals surface area contributed by atoms with E-state index in [9.17, 15) is 5.11 Å². The topological polar surface area (TPSA) is 26.7 Å². The van der Waals surface area contributed by atoms with Crippen LogP contribution in [0.25, 0.3) is 0 Å². The molecule has 2 unspecified atom stereocenters. The summed E-state index contributed by atoms with van der Waals surface area (Å²) in [6.45, 7) is 12.8. The Bertz CT molecular complexity index is 351. The second kappa shape index (κ2) is 6.78. The Morgan fingerprint density at radius 1 is 0.955 bits per heavy atom. The summed E-state index contributed by atoms with van der Waals surface area (Å²) in [6.07, 6.45) is 8.11. The van der Waals surface area contributed by atoms with Gasteiger partial charge in [-0.3, -0.25) is 9.80 Å². The van der Waals surface area contributed by atoms with Gasteiger partial charge in [0.25, 0.3) is 0 Å². The second-order valence-electron chi connectivity index (χ2n) is 9.18. The molecule has 3 fully saturated rings. The molecule has 3 rings (SSSR count). The zero-order valence-corrected chi connectivity index (χ0v) is 14.9. The molecule has 22 heavy (non-hydrogen) atoms. The molecular formula is C19H36N2O. The van der Waals surface area contributed by atoms with Crippen LogP contribution in [-0.4, -0.2) is 59.8 Å². The van der Waals surface area contributed by atoms with Crippen molar-refractivity contribution in [2.45, 2.75) is 71.4 Å². The van der Waals surface area contributed by atoms with E-state index in [1.54, 1.807) is 0 Å². The molecule has 0 bridgehead atoms. The Balaban J connectivity index is 1.45. The Morgan fingerprint density at radius 3 is 2.18 bits per heavy atom. The van der Waals surface area contributed by atoms with Crippen molar-refractivity contribution < 1.29 is 5.11 Å². The van der Waals surface area contributed by atoms with Crippen LogP contribution < -0.4 is 0 Å². The normalized spacial score (nSPS) is 38.7. The fraction of sp³-hybridized carbons (Fsp3) is 1.00. The minimum atomic E-state index is -0.121. The zero-order chi connectivity index (χ0) is 15.7. The summed E-state index contributed by atoms with van der Waals surface area (Å²) in [5, 5.41) is 10.4. The van der Waals surface area contributed by atoms with Gasteiger partial charge < -0.3 is 5.11 Å². The molecule has 3 heteroatoms. The first-order valence-corrected chi connectivity index (χ1v) is 9.58. The van der Waals surface area contributed by atoms with E-state index in [2.05, 4.69) is 30.6 Å². The van der Waals surface area contributed by atoms with Gasteiger partial charge in [-0.25, -0.2) is 0 Å². The quantitative estimate of drug-likeness (QED) is 0.868. The van der Waals surface area contributed by atoms with Crippen LogP contribution in [-0.2, 0) is 0 Å². The second-order valence-corrected chi connectivity index (χ2v) is 9.18. The maximum atomic E-state index is 10.4. The molecular weight excluding hydrogens is 272 g/mol. The SMILES string of the molecule is CC(C)(C)C1CCC(CN2CC(O)C(N3CCCC3)C2)CC1. The molecule has 1 aliphatic carbocycles. The highest BCUT2D eigenvalue weighted by Gasteiger charge is 2.38. The molecule has 0 aromatic heterocycles. The summed E-state index contributed by atoms with van der Waals surface area (Å²) in [5.74, 6) is 1.77. The van der Waals surface area contributed by atoms with E-state index in [0.29, 0.717) is 11.5 Å². The van der Waals surface area contributed by atoms with E-state index < -0.39 is 0 Å². The van der Waals surface area contributed by atoms with Gasteiger partial charge in [0, 0.05) is 25.7 Å². The minimum absolute atomic E-state index is 0.121. The van der Waals surface area contributed by atoms with Crippen LogP contribution in [0.1, 0.15) is 59.3 Å². The van der Waals surface area contributed by atoms with Crippen molar-refractivity contribution in [3.63, 3.8) is 0 Å². The van der Waals surface area contributed by atoms with Gasteiger partial charge >= 0.3 is 0 Å². The highest BCUT2D eigenvalue weighted by Crippen LogP contribution is 2.40. The highest BCUT2D eigenvalue weighted by molar-refractivity contribution is 4.93. The lowest BCUT2D eigenvalue weighted by molar-refractivity contribution is 0.0970. The first-order valence-electron chi connectivity index (χ1n) is 9.58. The summed E-state index contributed by atoms with van der Waals surface area (Å²) in [4.78, 5) is 5.08. The number of β-amino-alcohol motifs (C(OH)–C–C–N with tert-alkyl or cyclic N) is 1. The lowest BCUT2D eigenvalue weighted by Gasteiger charge is -2.38. The molecule has 2 heterocycles. The molecule has 1 saturated carbocycles. The molecule has 3 aliphatic rings. The first kappa shape index (κ1) is 16.7. The molecule has 3 nitrogen and oxygen atoms in total. The van der Waals surface area contributed by atoms with E-state index >= 15 is 0 Å². The highest BCUT2D eigenvalue weighted by atomic mass is 16.3. The molecule has 2 atom stereocenters. The predicted octanol–water partition coefficient (Wildman–Crippen LogP) is 2.98. The fourth-order valence-corrected chi connectivity index (χ4v) is 5.00. The summed E-state index contributed by atoms with van der Waals surface area (Å²) >= 11 is 0. The number of rotatable bonds is 3. The smallest absolute Gasteiger partial charge is 0.0834 e. The van der Waals surface area contributed by atoms with Gasteiger partial charge in [0.2, 0.25) is 0 Å². The van der Waals surface area contributed by atoms with Crippen LogP contribution in [0.15, 0.2) is 0 Å². The lowest BCUT2D eigenvalue weighted by atomic mass is 9.70. The van der Waals surface area contributed by atoms with E-state index in [0.717, 1.165) is 24.9 Å². The Kier molecular flexibility index (Phi) is 5.16. The van der Waals surface area contributed by atoms with Crippen molar-refractivity contribution in [3.05, 3.63) is 0 Å². The average molecular weight is 309 g/mol. The molecule has 0 aromatic rings. The Hall–Kier alpha value is -0.120. The van der Waals surface area contributed by atoms with Crippen molar-refractivity contribution in [1.29, 1.82) is 0 Å². The van der Waals surface area contributed by atoms with Crippen molar-refractivity contribution >= 4 is 0 Å². The van der Waals surface area contributed by atoms with Gasteiger partial charge in [0.1, 0.15) is 0 Å². The average Bonchev–Trinajstić information content (AvgIpc) is 3.08. The lowest BCUT2D eigenvalue weighted by Crippen LogP contribution is -2.41. The third kappa shape index (κ3) is 3.85. The van der Waals surface area contributed by atoms with E-state index in [4.69, 9.17) is 0 Å². The summed E-state index contributed by atoms with van der Waals surface area (Å²) in [6, 6.07) is 0.411. The fourth-order valence-electron chi connectivity index (χ4n) is 5.00. The van der Waals surface area contributed by atoms with Crippen molar-refractivity contribution in [3.8, 4) is 0 Å². The van der Waals surface area contributed by atoms with Gasteiger partial charge in [-0.15, -0.1) is 0 Å². The number of aliphatic hydroxyl groups excluding tert-OH is 1. The molecule has 2 saturated heterocycles. The van der Waals surface area contributed by atoms with Crippen LogP contribution >= 0.6 is 0 Å². The van der Waals surface area contributed by atoms with Crippen molar-refractivity contribution in [1.82, 2.24) is 9.80 Å². The van der Waals surface area contributed by atoms with Crippen molar-refractivity contribution in [2.75, 3.05) is 32.7 Å². The Morgan fingerprint density at radius 2 is 1.59 bits per heavy atom. The molecule has 0 aromatic carbocycles. The number of likely N-dealkylation sites (tertiary alicyclic amines) is 2. The van der Waals surface area contributed by atoms with Crippen molar-refractivity contribution in [2.24, 2.45) is 17.3 Å². The van der Waals surface area contributed by atoms with E-state index in [1.165, 1.54) is 58.2 Å². The Labute approximate surface area is 137 Å². The minimum Gasteiger partial charge on any atom is -0.390 e.